The molecule has 31 heavy (non-hydrogen) atoms. The highest BCUT2D eigenvalue weighted by atomic mass is 19.4. The van der Waals surface area contributed by atoms with E-state index in [0.717, 1.165) is 25.0 Å². The minimum Gasteiger partial charge on any atom is -0.338 e. The maximum atomic E-state index is 12.7. The molecule has 1 aliphatic heterocycles. The first kappa shape index (κ1) is 20.6. The minimum absolute atomic E-state index is 0.00188. The highest BCUT2D eigenvalue weighted by molar-refractivity contribution is 6.03. The predicted octanol–water partition coefficient (Wildman–Crippen LogP) is 4.24. The van der Waals surface area contributed by atoms with Gasteiger partial charge in [-0.3, -0.25) is 14.9 Å². The summed E-state index contributed by atoms with van der Waals surface area (Å²) in [5, 5.41) is 6.26. The normalized spacial score (nSPS) is 14.0. The third-order valence-corrected chi connectivity index (χ3v) is 4.85. The number of alkyl halides is 3. The number of hydrogen-bond acceptors (Lipinski definition) is 5. The van der Waals surface area contributed by atoms with Crippen LogP contribution < -0.4 is 5.32 Å². The molecule has 2 aromatic heterocycles. The van der Waals surface area contributed by atoms with Gasteiger partial charge in [-0.15, -0.1) is 0 Å². The fraction of sp³-hybridized carbons (Fsp3) is 0.238. The number of likely N-dealkylation sites (tertiary alicyclic amines) is 1. The van der Waals surface area contributed by atoms with Crippen molar-refractivity contribution in [2.75, 3.05) is 18.4 Å². The van der Waals surface area contributed by atoms with Crippen LogP contribution in [0.15, 0.2) is 53.1 Å². The van der Waals surface area contributed by atoms with Gasteiger partial charge in [0.25, 0.3) is 11.8 Å². The van der Waals surface area contributed by atoms with Crippen molar-refractivity contribution in [3.63, 3.8) is 0 Å². The summed E-state index contributed by atoms with van der Waals surface area (Å²) in [6, 6.07) is 10.4. The first-order valence-corrected chi connectivity index (χ1v) is 9.53. The Balaban J connectivity index is 1.46. The Morgan fingerprint density at radius 2 is 1.68 bits per heavy atom. The van der Waals surface area contributed by atoms with Gasteiger partial charge in [0.15, 0.2) is 0 Å². The van der Waals surface area contributed by atoms with Gasteiger partial charge in [0.05, 0.1) is 5.56 Å². The average Bonchev–Trinajstić information content (AvgIpc) is 3.45. The molecule has 10 heteroatoms. The van der Waals surface area contributed by atoms with E-state index in [4.69, 9.17) is 4.52 Å². The maximum absolute atomic E-state index is 12.7. The van der Waals surface area contributed by atoms with Gasteiger partial charge in [-0.1, -0.05) is 23.4 Å². The summed E-state index contributed by atoms with van der Waals surface area (Å²) >= 11 is 0. The second kappa shape index (κ2) is 8.21. The highest BCUT2D eigenvalue weighted by Crippen LogP contribution is 2.31. The largest absolute Gasteiger partial charge is 0.416 e. The second-order valence-corrected chi connectivity index (χ2v) is 7.01. The van der Waals surface area contributed by atoms with Gasteiger partial charge >= 0.3 is 6.18 Å². The number of pyridine rings is 1. The first-order chi connectivity index (χ1) is 14.8. The lowest BCUT2D eigenvalue weighted by atomic mass is 10.1. The molecule has 4 rings (SSSR count). The van der Waals surface area contributed by atoms with Crippen LogP contribution in [0.5, 0.6) is 0 Å². The summed E-state index contributed by atoms with van der Waals surface area (Å²) in [4.78, 5) is 30.8. The van der Waals surface area contributed by atoms with Gasteiger partial charge in [-0.25, -0.2) is 4.98 Å². The lowest BCUT2D eigenvalue weighted by Gasteiger charge is -2.14. The van der Waals surface area contributed by atoms with Crippen molar-refractivity contribution in [1.82, 2.24) is 15.0 Å². The van der Waals surface area contributed by atoms with Crippen molar-refractivity contribution < 1.29 is 27.3 Å². The van der Waals surface area contributed by atoms with E-state index < -0.39 is 17.6 Å². The van der Waals surface area contributed by atoms with E-state index in [1.165, 1.54) is 24.3 Å². The Morgan fingerprint density at radius 3 is 2.35 bits per heavy atom. The van der Waals surface area contributed by atoms with Crippen molar-refractivity contribution in [3.8, 4) is 11.3 Å². The second-order valence-electron chi connectivity index (χ2n) is 7.01. The molecule has 0 spiro atoms. The van der Waals surface area contributed by atoms with E-state index in [1.54, 1.807) is 17.0 Å². The van der Waals surface area contributed by atoms with Crippen molar-refractivity contribution in [2.24, 2.45) is 0 Å². The Kier molecular flexibility index (Phi) is 5.45. The quantitative estimate of drug-likeness (QED) is 0.669. The van der Waals surface area contributed by atoms with Crippen LogP contribution in [0, 0.1) is 0 Å². The number of rotatable bonds is 4. The number of nitrogens with one attached hydrogen (secondary N) is 1. The zero-order chi connectivity index (χ0) is 22.0. The van der Waals surface area contributed by atoms with Crippen LogP contribution in [-0.4, -0.2) is 39.9 Å². The molecule has 1 fully saturated rings. The molecule has 0 bridgehead atoms. The van der Waals surface area contributed by atoms with Crippen molar-refractivity contribution in [2.45, 2.75) is 19.0 Å². The molecule has 0 saturated carbocycles. The number of aromatic nitrogens is 2. The number of halogens is 3. The van der Waals surface area contributed by atoms with Gasteiger partial charge < -0.3 is 9.42 Å². The molecule has 1 aliphatic rings. The topological polar surface area (TPSA) is 88.3 Å². The lowest BCUT2D eigenvalue weighted by Crippen LogP contribution is -2.29. The summed E-state index contributed by atoms with van der Waals surface area (Å²) in [7, 11) is 0. The Labute approximate surface area is 174 Å². The molecule has 3 aromatic rings. The summed E-state index contributed by atoms with van der Waals surface area (Å²) in [5.41, 5.74) is 0.0846. The first-order valence-electron chi connectivity index (χ1n) is 9.53. The number of nitrogens with zero attached hydrogens (tertiary/aromatic N) is 3. The van der Waals surface area contributed by atoms with E-state index in [1.807, 2.05) is 0 Å². The standard InChI is InChI=1S/C21H17F3N4O3/c22-21(23,24)14-8-6-13(7-9-14)17-12-18(31-27-17)26-19(29)15-4-3-5-16(25-15)20(30)28-10-1-2-11-28/h3-9,12H,1-2,10-11H2,(H,26,29). The van der Waals surface area contributed by atoms with Gasteiger partial charge in [0.2, 0.25) is 5.88 Å². The van der Waals surface area contributed by atoms with E-state index in [0.29, 0.717) is 18.7 Å². The Hall–Kier alpha value is -3.69. The molecular formula is C21H17F3N4O3. The molecule has 0 aliphatic carbocycles. The summed E-state index contributed by atoms with van der Waals surface area (Å²) in [6.07, 6.45) is -2.55. The molecule has 3 heterocycles. The third-order valence-electron chi connectivity index (χ3n) is 4.85. The molecule has 0 atom stereocenters. The molecule has 160 valence electrons. The predicted molar refractivity (Wildman–Crippen MR) is 104 cm³/mol. The van der Waals surface area contributed by atoms with E-state index >= 15 is 0 Å². The Morgan fingerprint density at radius 1 is 1.00 bits per heavy atom. The van der Waals surface area contributed by atoms with Gasteiger partial charge in [-0.05, 0) is 37.1 Å². The number of benzene rings is 1. The molecule has 7 nitrogen and oxygen atoms in total. The van der Waals surface area contributed by atoms with Crippen LogP contribution in [0.1, 0.15) is 39.4 Å². The van der Waals surface area contributed by atoms with Crippen LogP contribution >= 0.6 is 0 Å². The molecule has 2 amide bonds. The van der Waals surface area contributed by atoms with Crippen molar-refractivity contribution >= 4 is 17.7 Å². The van der Waals surface area contributed by atoms with Crippen LogP contribution in [0.2, 0.25) is 0 Å². The fourth-order valence-corrected chi connectivity index (χ4v) is 3.24. The van der Waals surface area contributed by atoms with Gasteiger partial charge in [-0.2, -0.15) is 13.2 Å². The number of amides is 2. The Bertz CT molecular complexity index is 1100. The zero-order valence-corrected chi connectivity index (χ0v) is 16.1. The molecule has 1 saturated heterocycles. The van der Waals surface area contributed by atoms with E-state index in [-0.39, 0.29) is 28.9 Å². The number of hydrogen-bond donors (Lipinski definition) is 1. The molecule has 0 radical (unpaired) electrons. The van der Waals surface area contributed by atoms with Gasteiger partial charge in [0.1, 0.15) is 17.1 Å². The molecule has 0 unspecified atom stereocenters. The van der Waals surface area contributed by atoms with Crippen LogP contribution in [0.3, 0.4) is 0 Å². The van der Waals surface area contributed by atoms with Gasteiger partial charge in [0, 0.05) is 24.7 Å². The van der Waals surface area contributed by atoms with E-state index in [9.17, 15) is 22.8 Å². The van der Waals surface area contributed by atoms with E-state index in [2.05, 4.69) is 15.5 Å². The summed E-state index contributed by atoms with van der Waals surface area (Å²) < 4.78 is 43.1. The fourth-order valence-electron chi connectivity index (χ4n) is 3.24. The van der Waals surface area contributed by atoms with Crippen LogP contribution in [0.4, 0.5) is 19.1 Å². The number of carbonyl (C=O) groups is 2. The van der Waals surface area contributed by atoms with Crippen LogP contribution in [0.25, 0.3) is 11.3 Å². The lowest BCUT2D eigenvalue weighted by molar-refractivity contribution is -0.137. The summed E-state index contributed by atoms with van der Waals surface area (Å²) in [6.45, 7) is 1.34. The van der Waals surface area contributed by atoms with Crippen LogP contribution in [-0.2, 0) is 6.18 Å². The molecule has 1 aromatic carbocycles. The monoisotopic (exact) mass is 430 g/mol. The highest BCUT2D eigenvalue weighted by Gasteiger charge is 2.30. The SMILES string of the molecule is O=C(Nc1cc(-c2ccc(C(F)(F)F)cc2)no1)c1cccc(C(=O)N2CCCC2)n1. The average molecular weight is 430 g/mol. The maximum Gasteiger partial charge on any atom is 0.416 e. The summed E-state index contributed by atoms with van der Waals surface area (Å²) in [5.74, 6) is -0.833. The number of carbonyl (C=O) groups excluding carboxylic acids is 2. The smallest absolute Gasteiger partial charge is 0.338 e. The number of anilines is 1. The molecular weight excluding hydrogens is 413 g/mol. The minimum atomic E-state index is -4.43. The van der Waals surface area contributed by atoms with Crippen molar-refractivity contribution in [1.29, 1.82) is 0 Å². The van der Waals surface area contributed by atoms with Crippen molar-refractivity contribution in [3.05, 3.63) is 65.5 Å². The molecule has 1 N–H and O–H groups in total. The zero-order valence-electron chi connectivity index (χ0n) is 16.1. The third kappa shape index (κ3) is 4.57.